The Bertz CT molecular complexity index is 326. The number of hydrogen-bond donors (Lipinski definition) is 0. The molecule has 1 atom stereocenters. The lowest BCUT2D eigenvalue weighted by Gasteiger charge is -2.28. The van der Waals surface area contributed by atoms with Crippen molar-refractivity contribution in [3.63, 3.8) is 0 Å². The van der Waals surface area contributed by atoms with Crippen molar-refractivity contribution in [1.82, 2.24) is 9.78 Å². The van der Waals surface area contributed by atoms with E-state index >= 15 is 0 Å². The molecule has 1 heterocycles. The number of nitrogens with zero attached hydrogens (tertiary/aromatic N) is 2. The standard InChI is InChI=1S/C12H17ClN2/c1-2-12(10-6-4-3-5-7-10)15-9-11(13)8-14-15/h2,8-10,12H,1,3-7H2. The molecule has 2 rings (SSSR count). The van der Waals surface area contributed by atoms with E-state index < -0.39 is 0 Å². The highest BCUT2D eigenvalue weighted by atomic mass is 35.5. The second-order valence-electron chi connectivity index (χ2n) is 4.26. The van der Waals surface area contributed by atoms with Crippen molar-refractivity contribution in [3.8, 4) is 0 Å². The van der Waals surface area contributed by atoms with E-state index in [1.807, 2.05) is 17.0 Å². The lowest BCUT2D eigenvalue weighted by atomic mass is 9.84. The monoisotopic (exact) mass is 224 g/mol. The van der Waals surface area contributed by atoms with Gasteiger partial charge in [-0.25, -0.2) is 0 Å². The number of rotatable bonds is 3. The molecule has 82 valence electrons. The fourth-order valence-corrected chi connectivity index (χ4v) is 2.61. The maximum atomic E-state index is 5.88. The Labute approximate surface area is 95.9 Å². The van der Waals surface area contributed by atoms with Gasteiger partial charge in [0.05, 0.1) is 17.3 Å². The molecule has 1 aliphatic carbocycles. The molecule has 0 amide bonds. The van der Waals surface area contributed by atoms with E-state index in [2.05, 4.69) is 11.7 Å². The van der Waals surface area contributed by atoms with Crippen LogP contribution in [0.4, 0.5) is 0 Å². The van der Waals surface area contributed by atoms with Crippen LogP contribution < -0.4 is 0 Å². The topological polar surface area (TPSA) is 17.8 Å². The predicted octanol–water partition coefficient (Wildman–Crippen LogP) is 3.84. The van der Waals surface area contributed by atoms with Gasteiger partial charge in [-0.15, -0.1) is 6.58 Å². The van der Waals surface area contributed by atoms with Crippen LogP contribution in [0, 0.1) is 5.92 Å². The molecule has 0 saturated heterocycles. The Morgan fingerprint density at radius 3 is 2.73 bits per heavy atom. The van der Waals surface area contributed by atoms with Gasteiger partial charge in [0.25, 0.3) is 0 Å². The van der Waals surface area contributed by atoms with Crippen molar-refractivity contribution in [2.75, 3.05) is 0 Å². The van der Waals surface area contributed by atoms with Crippen molar-refractivity contribution in [2.45, 2.75) is 38.1 Å². The van der Waals surface area contributed by atoms with Crippen molar-refractivity contribution in [1.29, 1.82) is 0 Å². The maximum absolute atomic E-state index is 5.88. The molecule has 0 bridgehead atoms. The molecule has 1 fully saturated rings. The zero-order valence-corrected chi connectivity index (χ0v) is 9.66. The molecule has 0 N–H and O–H groups in total. The molecule has 1 unspecified atom stereocenters. The van der Waals surface area contributed by atoms with Crippen molar-refractivity contribution >= 4 is 11.6 Å². The van der Waals surface area contributed by atoms with Gasteiger partial charge in [-0.2, -0.15) is 5.10 Å². The minimum absolute atomic E-state index is 0.317. The molecule has 15 heavy (non-hydrogen) atoms. The molecule has 3 heteroatoms. The van der Waals surface area contributed by atoms with Crippen LogP contribution in [-0.2, 0) is 0 Å². The maximum Gasteiger partial charge on any atom is 0.0785 e. The first-order chi connectivity index (χ1) is 7.31. The average molecular weight is 225 g/mol. The van der Waals surface area contributed by atoms with E-state index in [1.54, 1.807) is 6.20 Å². The number of hydrogen-bond acceptors (Lipinski definition) is 1. The molecular weight excluding hydrogens is 208 g/mol. The SMILES string of the molecule is C=CC(C1CCCCC1)n1cc(Cl)cn1. The lowest BCUT2D eigenvalue weighted by Crippen LogP contribution is -2.20. The summed E-state index contributed by atoms with van der Waals surface area (Å²) in [7, 11) is 0. The molecule has 0 spiro atoms. The molecule has 0 aliphatic heterocycles. The van der Waals surface area contributed by atoms with Crippen LogP contribution in [0.3, 0.4) is 0 Å². The first-order valence-corrected chi connectivity index (χ1v) is 6.01. The molecule has 1 aromatic heterocycles. The van der Waals surface area contributed by atoms with E-state index in [1.165, 1.54) is 32.1 Å². The molecule has 2 nitrogen and oxygen atoms in total. The van der Waals surface area contributed by atoms with Gasteiger partial charge in [-0.1, -0.05) is 36.9 Å². The quantitative estimate of drug-likeness (QED) is 0.714. The number of halogens is 1. The highest BCUT2D eigenvalue weighted by Crippen LogP contribution is 2.33. The minimum atomic E-state index is 0.317. The van der Waals surface area contributed by atoms with E-state index in [-0.39, 0.29) is 0 Å². The van der Waals surface area contributed by atoms with Crippen LogP contribution in [0.5, 0.6) is 0 Å². The predicted molar refractivity (Wildman–Crippen MR) is 63.0 cm³/mol. The van der Waals surface area contributed by atoms with E-state index in [0.29, 0.717) is 17.0 Å². The van der Waals surface area contributed by atoms with Crippen LogP contribution in [0.25, 0.3) is 0 Å². The summed E-state index contributed by atoms with van der Waals surface area (Å²) in [5.41, 5.74) is 0. The van der Waals surface area contributed by atoms with Crippen LogP contribution in [0.2, 0.25) is 5.02 Å². The van der Waals surface area contributed by atoms with Crippen LogP contribution in [0.1, 0.15) is 38.1 Å². The third-order valence-electron chi connectivity index (χ3n) is 3.25. The highest BCUT2D eigenvalue weighted by Gasteiger charge is 2.23. The van der Waals surface area contributed by atoms with E-state index in [0.717, 1.165) is 0 Å². The highest BCUT2D eigenvalue weighted by molar-refractivity contribution is 6.30. The Morgan fingerprint density at radius 2 is 2.20 bits per heavy atom. The third-order valence-corrected chi connectivity index (χ3v) is 3.44. The lowest BCUT2D eigenvalue weighted by molar-refractivity contribution is 0.272. The van der Waals surface area contributed by atoms with Gasteiger partial charge < -0.3 is 0 Å². The van der Waals surface area contributed by atoms with E-state index in [9.17, 15) is 0 Å². The zero-order valence-electron chi connectivity index (χ0n) is 8.90. The average Bonchev–Trinajstić information content (AvgIpc) is 2.68. The fourth-order valence-electron chi connectivity index (χ4n) is 2.47. The molecular formula is C12H17ClN2. The Kier molecular flexibility index (Phi) is 3.47. The van der Waals surface area contributed by atoms with Crippen LogP contribution >= 0.6 is 11.6 Å². The Hall–Kier alpha value is -0.760. The minimum Gasteiger partial charge on any atom is -0.264 e. The second kappa shape index (κ2) is 4.84. The first kappa shape index (κ1) is 10.7. The van der Waals surface area contributed by atoms with Gasteiger partial charge in [-0.05, 0) is 18.8 Å². The normalized spacial score (nSPS) is 20.1. The van der Waals surface area contributed by atoms with Gasteiger partial charge >= 0.3 is 0 Å². The van der Waals surface area contributed by atoms with Crippen molar-refractivity contribution in [2.24, 2.45) is 5.92 Å². The summed E-state index contributed by atoms with van der Waals surface area (Å²) in [5, 5.41) is 4.98. The molecule has 1 saturated carbocycles. The van der Waals surface area contributed by atoms with Gasteiger partial charge in [0.2, 0.25) is 0 Å². The Balaban J connectivity index is 2.12. The largest absolute Gasteiger partial charge is 0.264 e. The molecule has 0 radical (unpaired) electrons. The Morgan fingerprint density at radius 1 is 1.47 bits per heavy atom. The van der Waals surface area contributed by atoms with Gasteiger partial charge in [0.1, 0.15) is 0 Å². The summed E-state index contributed by atoms with van der Waals surface area (Å²) in [6.45, 7) is 3.92. The van der Waals surface area contributed by atoms with Crippen LogP contribution in [-0.4, -0.2) is 9.78 Å². The first-order valence-electron chi connectivity index (χ1n) is 5.63. The third kappa shape index (κ3) is 2.43. The van der Waals surface area contributed by atoms with E-state index in [4.69, 9.17) is 11.6 Å². The van der Waals surface area contributed by atoms with Crippen molar-refractivity contribution in [3.05, 3.63) is 30.1 Å². The number of allylic oxidation sites excluding steroid dienone is 1. The second-order valence-corrected chi connectivity index (χ2v) is 4.70. The summed E-state index contributed by atoms with van der Waals surface area (Å²) >= 11 is 5.88. The summed E-state index contributed by atoms with van der Waals surface area (Å²) in [6, 6.07) is 0.317. The summed E-state index contributed by atoms with van der Waals surface area (Å²) in [6.07, 6.45) is 12.2. The van der Waals surface area contributed by atoms with Gasteiger partial charge in [0, 0.05) is 6.20 Å². The van der Waals surface area contributed by atoms with Gasteiger partial charge in [0.15, 0.2) is 0 Å². The van der Waals surface area contributed by atoms with Gasteiger partial charge in [-0.3, -0.25) is 4.68 Å². The van der Waals surface area contributed by atoms with Crippen molar-refractivity contribution < 1.29 is 0 Å². The molecule has 1 aromatic rings. The van der Waals surface area contributed by atoms with Crippen LogP contribution in [0.15, 0.2) is 25.0 Å². The smallest absolute Gasteiger partial charge is 0.0785 e. The molecule has 1 aliphatic rings. The fraction of sp³-hybridized carbons (Fsp3) is 0.583. The summed E-state index contributed by atoms with van der Waals surface area (Å²) in [5.74, 6) is 0.687. The number of aromatic nitrogens is 2. The zero-order chi connectivity index (χ0) is 10.7. The summed E-state index contributed by atoms with van der Waals surface area (Å²) in [4.78, 5) is 0. The molecule has 0 aromatic carbocycles. The summed E-state index contributed by atoms with van der Waals surface area (Å²) < 4.78 is 1.95.